The van der Waals surface area contributed by atoms with Gasteiger partial charge in [0.05, 0.1) is 12.6 Å². The molecular formula is C35H55N5O7. The number of carbonyl (C=O) groups excluding carboxylic acids is 6. The first-order chi connectivity index (χ1) is 21.9. The molecule has 5 amide bonds. The molecule has 262 valence electrons. The van der Waals surface area contributed by atoms with Crippen LogP contribution >= 0.6 is 0 Å². The number of ketones is 1. The lowest BCUT2D eigenvalue weighted by molar-refractivity contribution is -0.144. The summed E-state index contributed by atoms with van der Waals surface area (Å²) >= 11 is 0. The number of benzene rings is 1. The molecule has 1 unspecified atom stereocenters. The zero-order chi connectivity index (χ0) is 35.8. The number of amides is 5. The van der Waals surface area contributed by atoms with Gasteiger partial charge in [-0.05, 0) is 57.4 Å². The first-order valence-electron chi connectivity index (χ1n) is 16.3. The van der Waals surface area contributed by atoms with Crippen LogP contribution in [-0.4, -0.2) is 77.2 Å². The van der Waals surface area contributed by atoms with Crippen LogP contribution in [0.1, 0.15) is 93.1 Å². The second-order valence-electron chi connectivity index (χ2n) is 13.6. The number of hydrogen-bond acceptors (Lipinski definition) is 7. The van der Waals surface area contributed by atoms with Crippen molar-refractivity contribution in [1.82, 2.24) is 26.2 Å². The summed E-state index contributed by atoms with van der Waals surface area (Å²) in [5.41, 5.74) is -0.591. The Balaban J connectivity index is 0.00000354. The molecule has 1 aliphatic rings. The van der Waals surface area contributed by atoms with Crippen molar-refractivity contribution in [1.29, 1.82) is 0 Å². The molecule has 1 saturated heterocycles. The smallest absolute Gasteiger partial charge is 0.408 e. The monoisotopic (exact) mass is 657 g/mol. The van der Waals surface area contributed by atoms with Crippen molar-refractivity contribution in [2.45, 2.75) is 118 Å². The number of rotatable bonds is 13. The number of allylic oxidation sites excluding steroid dienone is 1. The molecule has 0 aromatic heterocycles. The van der Waals surface area contributed by atoms with Crippen molar-refractivity contribution < 1.29 is 33.5 Å². The van der Waals surface area contributed by atoms with Crippen LogP contribution in [0.5, 0.6) is 0 Å². The zero-order valence-electron chi connectivity index (χ0n) is 29.4. The van der Waals surface area contributed by atoms with E-state index in [1.807, 2.05) is 30.3 Å². The molecule has 1 heterocycles. The zero-order valence-corrected chi connectivity index (χ0v) is 29.4. The van der Waals surface area contributed by atoms with Crippen LogP contribution in [0, 0.1) is 5.41 Å². The highest BCUT2D eigenvalue weighted by Gasteiger charge is 2.43. The van der Waals surface area contributed by atoms with E-state index in [2.05, 4.69) is 41.7 Å². The fraction of sp³-hybridized carbons (Fsp3) is 0.600. The highest BCUT2D eigenvalue weighted by molar-refractivity contribution is 6.38. The molecular weight excluding hydrogens is 602 g/mol. The second-order valence-corrected chi connectivity index (χ2v) is 13.6. The van der Waals surface area contributed by atoms with E-state index in [1.165, 1.54) is 11.3 Å². The van der Waals surface area contributed by atoms with Gasteiger partial charge in [-0.25, -0.2) is 4.79 Å². The standard InChI is InChI=1S/C32H47N5O7.C3H8/c1-8-9-16-22(25(39)28(41)34-20-24(38)33-19-21-14-11-10-12-15-21)35-27(40)23-17-13-18-37(23)29(42)26(31(2,3)4)36-30(43)44-32(5,6)7;1-3-2/h8,10-12,14-15,22-23,26H,1,9,13,16-20H2,2-7H3,(H,33,38)(H,34,41)(H,35,40)(H,36,43);3H2,1-2H3/t22?,23-,26+;/m0./s1. The second kappa shape index (κ2) is 19.4. The summed E-state index contributed by atoms with van der Waals surface area (Å²) in [6.07, 6.45) is 3.38. The Labute approximate surface area is 279 Å². The lowest BCUT2D eigenvalue weighted by atomic mass is 9.85. The summed E-state index contributed by atoms with van der Waals surface area (Å²) in [6.45, 7) is 18.6. The third kappa shape index (κ3) is 14.8. The number of alkyl carbamates (subject to hydrolysis) is 1. The van der Waals surface area contributed by atoms with Gasteiger partial charge in [0.15, 0.2) is 0 Å². The molecule has 0 radical (unpaired) electrons. The van der Waals surface area contributed by atoms with Crippen LogP contribution in [0.15, 0.2) is 43.0 Å². The maximum atomic E-state index is 13.7. The lowest BCUT2D eigenvalue weighted by Gasteiger charge is -2.36. The summed E-state index contributed by atoms with van der Waals surface area (Å²) in [5.74, 6) is -3.44. The average molecular weight is 658 g/mol. The average Bonchev–Trinajstić information content (AvgIpc) is 3.49. The number of carbonyl (C=O) groups is 6. The van der Waals surface area contributed by atoms with Crippen molar-refractivity contribution >= 4 is 35.5 Å². The molecule has 0 bridgehead atoms. The fourth-order valence-electron chi connectivity index (χ4n) is 4.63. The van der Waals surface area contributed by atoms with Crippen LogP contribution < -0.4 is 21.3 Å². The molecule has 0 aliphatic carbocycles. The van der Waals surface area contributed by atoms with Gasteiger partial charge in [0.2, 0.25) is 23.5 Å². The molecule has 12 nitrogen and oxygen atoms in total. The van der Waals surface area contributed by atoms with Crippen LogP contribution in [0.4, 0.5) is 4.79 Å². The number of hydrogen-bond donors (Lipinski definition) is 4. The molecule has 1 aromatic carbocycles. The summed E-state index contributed by atoms with van der Waals surface area (Å²) in [6, 6.07) is 6.14. The molecule has 1 aliphatic heterocycles. The Morgan fingerprint density at radius 3 is 2.15 bits per heavy atom. The van der Waals surface area contributed by atoms with Crippen LogP contribution in [0.25, 0.3) is 0 Å². The maximum Gasteiger partial charge on any atom is 0.408 e. The fourth-order valence-corrected chi connectivity index (χ4v) is 4.63. The Hall–Kier alpha value is -4.22. The molecule has 0 saturated carbocycles. The van der Waals surface area contributed by atoms with Crippen molar-refractivity contribution in [2.24, 2.45) is 5.41 Å². The third-order valence-corrected chi connectivity index (χ3v) is 6.87. The van der Waals surface area contributed by atoms with E-state index in [4.69, 9.17) is 4.74 Å². The molecule has 12 heteroatoms. The largest absolute Gasteiger partial charge is 0.444 e. The third-order valence-electron chi connectivity index (χ3n) is 6.87. The van der Waals surface area contributed by atoms with Gasteiger partial charge in [0, 0.05) is 13.1 Å². The maximum absolute atomic E-state index is 13.7. The summed E-state index contributed by atoms with van der Waals surface area (Å²) < 4.78 is 5.35. The molecule has 4 N–H and O–H groups in total. The van der Waals surface area contributed by atoms with Gasteiger partial charge in [-0.15, -0.1) is 6.58 Å². The highest BCUT2D eigenvalue weighted by atomic mass is 16.6. The van der Waals surface area contributed by atoms with E-state index < -0.39 is 71.2 Å². The SMILES string of the molecule is C=CCCC(NC(=O)[C@@H]1CCCN1C(=O)[C@@H](NC(=O)OC(C)(C)C)C(C)(C)C)C(=O)C(=O)NCC(=O)NCc1ccccc1.CCC. The van der Waals surface area contributed by atoms with Crippen molar-refractivity contribution in [2.75, 3.05) is 13.1 Å². The van der Waals surface area contributed by atoms with Crippen molar-refractivity contribution in [3.05, 3.63) is 48.6 Å². The van der Waals surface area contributed by atoms with E-state index in [0.29, 0.717) is 19.3 Å². The number of nitrogens with zero attached hydrogens (tertiary/aromatic N) is 1. The minimum Gasteiger partial charge on any atom is -0.444 e. The Morgan fingerprint density at radius 1 is 0.979 bits per heavy atom. The minimum atomic E-state index is -1.19. The Morgan fingerprint density at radius 2 is 1.60 bits per heavy atom. The molecule has 0 spiro atoms. The van der Waals surface area contributed by atoms with E-state index in [0.717, 1.165) is 5.56 Å². The molecule has 2 rings (SSSR count). The highest BCUT2D eigenvalue weighted by Crippen LogP contribution is 2.26. The van der Waals surface area contributed by atoms with Gasteiger partial charge in [0.25, 0.3) is 5.91 Å². The van der Waals surface area contributed by atoms with Crippen LogP contribution in [-0.2, 0) is 35.3 Å². The molecule has 1 fully saturated rings. The number of ether oxygens (including phenoxy) is 1. The van der Waals surface area contributed by atoms with Crippen molar-refractivity contribution in [3.63, 3.8) is 0 Å². The van der Waals surface area contributed by atoms with Gasteiger partial charge in [-0.2, -0.15) is 0 Å². The quantitative estimate of drug-likeness (QED) is 0.185. The van der Waals surface area contributed by atoms with Gasteiger partial charge in [-0.1, -0.05) is 77.4 Å². The number of nitrogens with one attached hydrogen (secondary N) is 4. The van der Waals surface area contributed by atoms with Crippen LogP contribution in [0.3, 0.4) is 0 Å². The van der Waals surface area contributed by atoms with E-state index in [1.54, 1.807) is 47.6 Å². The number of likely N-dealkylation sites (tertiary alicyclic amines) is 1. The molecule has 3 atom stereocenters. The topological polar surface area (TPSA) is 163 Å². The van der Waals surface area contributed by atoms with E-state index in [9.17, 15) is 28.8 Å². The van der Waals surface area contributed by atoms with E-state index in [-0.39, 0.29) is 19.5 Å². The summed E-state index contributed by atoms with van der Waals surface area (Å²) in [4.78, 5) is 79.0. The van der Waals surface area contributed by atoms with Gasteiger partial charge >= 0.3 is 6.09 Å². The van der Waals surface area contributed by atoms with Crippen molar-refractivity contribution in [3.8, 4) is 0 Å². The predicted molar refractivity (Wildman–Crippen MR) is 181 cm³/mol. The van der Waals surface area contributed by atoms with E-state index >= 15 is 0 Å². The summed E-state index contributed by atoms with van der Waals surface area (Å²) in [5, 5.41) is 10.3. The first kappa shape index (κ1) is 40.8. The molecule has 1 aromatic rings. The van der Waals surface area contributed by atoms with Gasteiger partial charge < -0.3 is 30.9 Å². The van der Waals surface area contributed by atoms with Crippen LogP contribution in [0.2, 0.25) is 0 Å². The predicted octanol–water partition coefficient (Wildman–Crippen LogP) is 3.79. The summed E-state index contributed by atoms with van der Waals surface area (Å²) in [7, 11) is 0. The Bertz CT molecular complexity index is 1220. The Kier molecular flexibility index (Phi) is 16.9. The number of Topliss-reactive ketones (excluding diaryl/α,β-unsaturated/α-hetero) is 1. The van der Waals surface area contributed by atoms with Gasteiger partial charge in [0.1, 0.15) is 17.7 Å². The normalized spacial score (nSPS) is 15.6. The minimum absolute atomic E-state index is 0.104. The first-order valence-corrected chi connectivity index (χ1v) is 16.3. The van der Waals surface area contributed by atoms with Gasteiger partial charge in [-0.3, -0.25) is 24.0 Å². The molecule has 47 heavy (non-hydrogen) atoms. The lowest BCUT2D eigenvalue weighted by Crippen LogP contribution is -2.59.